The fourth-order valence-corrected chi connectivity index (χ4v) is 3.01. The second kappa shape index (κ2) is 36.8. The quantitative estimate of drug-likeness (QED) is 0.0574. The molecule has 1 aromatic rings. The highest BCUT2D eigenvalue weighted by atomic mass is 79.9. The zero-order valence-corrected chi connectivity index (χ0v) is 31.5. The molecule has 0 aliphatic heterocycles. The number of amides is 6. The molecule has 0 spiro atoms. The number of anilines is 1. The predicted molar refractivity (Wildman–Crippen MR) is 193 cm³/mol. The van der Waals surface area contributed by atoms with Gasteiger partial charge in [-0.15, -0.1) is 0 Å². The highest BCUT2D eigenvalue weighted by Gasteiger charge is 2.10. The highest BCUT2D eigenvalue weighted by Crippen LogP contribution is 2.10. The number of benzene rings is 1. The lowest BCUT2D eigenvalue weighted by molar-refractivity contribution is -0.142. The summed E-state index contributed by atoms with van der Waals surface area (Å²) in [5.74, 6) is -0.0465. The van der Waals surface area contributed by atoms with Gasteiger partial charge in [0, 0.05) is 38.2 Å². The Hall–Kier alpha value is -3.68. The molecule has 0 bridgehead atoms. The van der Waals surface area contributed by atoms with E-state index in [-0.39, 0.29) is 42.9 Å². The van der Waals surface area contributed by atoms with Crippen molar-refractivity contribution < 1.29 is 33.5 Å². The summed E-state index contributed by atoms with van der Waals surface area (Å²) in [6.45, 7) is 19.0. The molecule has 1 atom stereocenters. The molecule has 47 heavy (non-hydrogen) atoms. The number of halogens is 1. The number of primary amides is 1. The maximum Gasteiger partial charge on any atom is 0.312 e. The van der Waals surface area contributed by atoms with Crippen LogP contribution in [0.3, 0.4) is 0 Å². The maximum atomic E-state index is 11.6. The minimum atomic E-state index is -0.443. The SMILES string of the molecule is CC.CC.CC(=O)OCc1ccc(NC(=O)CNC=O)cc1.CC(C)C(C)NC(=O)CCCCCNC(=O)CBr.CCCNC(N)=O. The Labute approximate surface area is 290 Å². The Morgan fingerprint density at radius 1 is 0.872 bits per heavy atom. The Morgan fingerprint density at radius 2 is 1.47 bits per heavy atom. The van der Waals surface area contributed by atoms with Gasteiger partial charge in [0.25, 0.3) is 0 Å². The molecule has 0 saturated heterocycles. The predicted octanol–water partition coefficient (Wildman–Crippen LogP) is 4.77. The van der Waals surface area contributed by atoms with Crippen molar-refractivity contribution in [3.8, 4) is 0 Å². The van der Waals surface area contributed by atoms with E-state index in [2.05, 4.69) is 56.4 Å². The second-order valence-corrected chi connectivity index (χ2v) is 10.3. The smallest absolute Gasteiger partial charge is 0.312 e. The van der Waals surface area contributed by atoms with E-state index in [0.29, 0.717) is 42.9 Å². The van der Waals surface area contributed by atoms with E-state index in [0.717, 1.165) is 31.2 Å². The first kappa shape index (κ1) is 50.2. The number of esters is 1. The van der Waals surface area contributed by atoms with Gasteiger partial charge in [-0.05, 0) is 49.8 Å². The fraction of sp³-hybridized carbons (Fsp3) is 0.636. The van der Waals surface area contributed by atoms with Crippen LogP contribution in [0.15, 0.2) is 24.3 Å². The third kappa shape index (κ3) is 38.4. The van der Waals surface area contributed by atoms with Crippen molar-refractivity contribution in [1.29, 1.82) is 0 Å². The molecule has 13 nitrogen and oxygen atoms in total. The van der Waals surface area contributed by atoms with Gasteiger partial charge >= 0.3 is 12.0 Å². The molecule has 1 aromatic carbocycles. The number of ether oxygens (including phenoxy) is 1. The average molecular weight is 734 g/mol. The number of unbranched alkanes of at least 4 members (excludes halogenated alkanes) is 2. The first-order chi connectivity index (χ1) is 22.4. The van der Waals surface area contributed by atoms with Crippen LogP contribution in [0.5, 0.6) is 0 Å². The normalized spacial score (nSPS) is 9.77. The molecule has 0 heterocycles. The van der Waals surface area contributed by atoms with Crippen LogP contribution in [0.25, 0.3) is 0 Å². The fourth-order valence-electron chi connectivity index (χ4n) is 2.81. The van der Waals surface area contributed by atoms with Gasteiger partial charge in [-0.1, -0.05) is 82.9 Å². The molecule has 1 rings (SSSR count). The van der Waals surface area contributed by atoms with Crippen LogP contribution in [0.1, 0.15) is 100.0 Å². The number of nitrogens with one attached hydrogen (secondary N) is 5. The largest absolute Gasteiger partial charge is 0.461 e. The summed E-state index contributed by atoms with van der Waals surface area (Å²) in [5, 5.41) is 13.4. The number of alkyl halides is 1. The van der Waals surface area contributed by atoms with Gasteiger partial charge in [0.2, 0.25) is 24.1 Å². The zero-order chi connectivity index (χ0) is 37.0. The number of urea groups is 1. The average Bonchev–Trinajstić information content (AvgIpc) is 3.06. The minimum Gasteiger partial charge on any atom is -0.461 e. The Bertz CT molecular complexity index is 963. The standard InChI is InChI=1S/C13H25BrN2O2.C12H14N2O4.C4H10N2O.2C2H6/c1-10(2)11(3)16-12(17)7-5-4-6-8-15-13(18)9-14;1-9(16)18-7-10-2-4-11(5-3-10)14-12(17)6-13-8-15;1-2-3-6-4(5)7;2*1-2/h10-11H,4-9H2,1-3H3,(H,15,18)(H,16,17);2-5,8H,6-7H2,1H3,(H,13,15)(H,14,17);2-3H2,1H3,(H3,5,6,7);2*1-2H3. The molecule has 0 fully saturated rings. The van der Waals surface area contributed by atoms with Gasteiger partial charge in [-0.25, -0.2) is 4.79 Å². The topological polar surface area (TPSA) is 198 Å². The summed E-state index contributed by atoms with van der Waals surface area (Å²) in [4.78, 5) is 64.2. The van der Waals surface area contributed by atoms with Crippen LogP contribution in [0.2, 0.25) is 0 Å². The first-order valence-electron chi connectivity index (χ1n) is 16.2. The summed E-state index contributed by atoms with van der Waals surface area (Å²) >= 11 is 3.09. The number of hydrogen-bond donors (Lipinski definition) is 6. The molecule has 1 unspecified atom stereocenters. The van der Waals surface area contributed by atoms with Crippen LogP contribution in [-0.2, 0) is 35.3 Å². The molecule has 0 aromatic heterocycles. The lowest BCUT2D eigenvalue weighted by Crippen LogP contribution is -2.35. The summed E-state index contributed by atoms with van der Waals surface area (Å²) < 4.78 is 4.83. The minimum absolute atomic E-state index is 0.0125. The van der Waals surface area contributed by atoms with E-state index in [4.69, 9.17) is 10.5 Å². The third-order valence-corrected chi connectivity index (χ3v) is 6.00. The van der Waals surface area contributed by atoms with E-state index in [1.165, 1.54) is 6.92 Å². The molecule has 6 amide bonds. The maximum absolute atomic E-state index is 11.6. The first-order valence-corrected chi connectivity index (χ1v) is 17.3. The second-order valence-electron chi connectivity index (χ2n) is 9.71. The van der Waals surface area contributed by atoms with Gasteiger partial charge in [0.15, 0.2) is 0 Å². The molecule has 0 aliphatic carbocycles. The number of carbonyl (C=O) groups is 6. The molecular weight excluding hydrogens is 672 g/mol. The molecule has 0 saturated carbocycles. The lowest BCUT2D eigenvalue weighted by atomic mass is 10.1. The molecule has 14 heteroatoms. The van der Waals surface area contributed by atoms with E-state index in [9.17, 15) is 28.8 Å². The number of rotatable bonds is 17. The summed E-state index contributed by atoms with van der Waals surface area (Å²) in [5.41, 5.74) is 6.17. The van der Waals surface area contributed by atoms with Crippen molar-refractivity contribution in [1.82, 2.24) is 21.3 Å². The molecule has 0 aliphatic rings. The van der Waals surface area contributed by atoms with Crippen LogP contribution in [-0.4, -0.2) is 67.1 Å². The van der Waals surface area contributed by atoms with Crippen LogP contribution >= 0.6 is 15.9 Å². The van der Waals surface area contributed by atoms with Gasteiger partial charge in [-0.2, -0.15) is 0 Å². The monoisotopic (exact) mass is 732 g/mol. The summed E-state index contributed by atoms with van der Waals surface area (Å²) in [6.07, 6.45) is 4.73. The Kier molecular flexibility index (Phi) is 39.3. The van der Waals surface area contributed by atoms with Crippen molar-refractivity contribution in [3.05, 3.63) is 29.8 Å². The van der Waals surface area contributed by atoms with Gasteiger partial charge in [0.1, 0.15) is 6.61 Å². The van der Waals surface area contributed by atoms with E-state index < -0.39 is 6.03 Å². The molecule has 0 radical (unpaired) electrons. The van der Waals surface area contributed by atoms with Gasteiger partial charge in [-0.3, -0.25) is 24.0 Å². The van der Waals surface area contributed by atoms with Crippen LogP contribution in [0, 0.1) is 5.92 Å². The number of carbonyl (C=O) groups excluding carboxylic acids is 6. The summed E-state index contributed by atoms with van der Waals surface area (Å²) in [6, 6.07) is 6.66. The van der Waals surface area contributed by atoms with E-state index in [1.807, 2.05) is 41.5 Å². The van der Waals surface area contributed by atoms with Crippen molar-refractivity contribution >= 4 is 57.7 Å². The van der Waals surface area contributed by atoms with Crippen LogP contribution in [0.4, 0.5) is 10.5 Å². The van der Waals surface area contributed by atoms with E-state index in [1.54, 1.807) is 24.3 Å². The number of hydrogen-bond acceptors (Lipinski definition) is 7. The summed E-state index contributed by atoms with van der Waals surface area (Å²) in [7, 11) is 0. The van der Waals surface area contributed by atoms with E-state index >= 15 is 0 Å². The number of nitrogens with two attached hydrogens (primary N) is 1. The third-order valence-electron chi connectivity index (χ3n) is 5.49. The van der Waals surface area contributed by atoms with Crippen molar-refractivity contribution in [2.24, 2.45) is 11.7 Å². The Balaban J connectivity index is -0.000000301. The van der Waals surface area contributed by atoms with Crippen molar-refractivity contribution in [2.45, 2.75) is 107 Å². The molecule has 7 N–H and O–H groups in total. The lowest BCUT2D eigenvalue weighted by Gasteiger charge is -2.17. The van der Waals surface area contributed by atoms with Gasteiger partial charge in [0.05, 0.1) is 11.9 Å². The Morgan fingerprint density at radius 3 is 1.91 bits per heavy atom. The van der Waals surface area contributed by atoms with Crippen molar-refractivity contribution in [3.63, 3.8) is 0 Å². The molecule has 272 valence electrons. The van der Waals surface area contributed by atoms with Crippen LogP contribution < -0.4 is 32.3 Å². The molecular formula is C33H61BrN6O7. The van der Waals surface area contributed by atoms with Crippen molar-refractivity contribution in [2.75, 3.05) is 30.3 Å². The van der Waals surface area contributed by atoms with Gasteiger partial charge < -0.3 is 37.1 Å². The zero-order valence-electron chi connectivity index (χ0n) is 29.9. The highest BCUT2D eigenvalue weighted by molar-refractivity contribution is 9.09.